The molecule has 0 aliphatic carbocycles. The minimum absolute atomic E-state index is 0.0422. The largest absolute Gasteiger partial charge is 0.431 e. The van der Waals surface area contributed by atoms with Crippen LogP contribution in [-0.4, -0.2) is 27.9 Å². The highest BCUT2D eigenvalue weighted by Gasteiger charge is 2.52. The lowest BCUT2D eigenvalue weighted by molar-refractivity contribution is -0.158. The Morgan fingerprint density at radius 1 is 1.14 bits per heavy atom. The van der Waals surface area contributed by atoms with Crippen molar-refractivity contribution in [1.29, 1.82) is 0 Å². The Balaban J connectivity index is 1.80. The zero-order valence-electron chi connectivity index (χ0n) is 14.8. The van der Waals surface area contributed by atoms with Gasteiger partial charge in [-0.1, -0.05) is 54.1 Å². The zero-order valence-corrected chi connectivity index (χ0v) is 15.5. The lowest BCUT2D eigenvalue weighted by Crippen LogP contribution is -2.43. The highest BCUT2D eigenvalue weighted by molar-refractivity contribution is 6.30. The van der Waals surface area contributed by atoms with Crippen LogP contribution in [0.4, 0.5) is 13.2 Å². The average Bonchev–Trinajstić information content (AvgIpc) is 3.02. The summed E-state index contributed by atoms with van der Waals surface area (Å²) >= 11 is 5.82. The number of hydrazone groups is 1. The second-order valence-corrected chi connectivity index (χ2v) is 7.03. The molecule has 0 spiro atoms. The van der Waals surface area contributed by atoms with Gasteiger partial charge in [-0.15, -0.1) is 0 Å². The van der Waals surface area contributed by atoms with Crippen LogP contribution in [0.5, 0.6) is 0 Å². The van der Waals surface area contributed by atoms with E-state index in [0.29, 0.717) is 22.9 Å². The van der Waals surface area contributed by atoms with Gasteiger partial charge in [-0.05, 0) is 30.5 Å². The normalized spacial score (nSPS) is 19.6. The quantitative estimate of drug-likeness (QED) is 0.779. The second kappa shape index (κ2) is 7.93. The molecular formula is C20H18ClF3N2O2. The maximum Gasteiger partial charge on any atom is 0.431 e. The molecule has 1 N–H and O–H groups in total. The second-order valence-electron chi connectivity index (χ2n) is 6.59. The number of nitrogens with zero attached hydrogens (tertiary/aromatic N) is 2. The predicted molar refractivity (Wildman–Crippen MR) is 99.7 cm³/mol. The summed E-state index contributed by atoms with van der Waals surface area (Å²) in [7, 11) is 0. The molecule has 8 heteroatoms. The summed E-state index contributed by atoms with van der Waals surface area (Å²) in [6.45, 7) is 0. The van der Waals surface area contributed by atoms with E-state index in [9.17, 15) is 23.1 Å². The number of rotatable bonds is 5. The van der Waals surface area contributed by atoms with Crippen LogP contribution in [0.2, 0.25) is 5.02 Å². The Morgan fingerprint density at radius 3 is 2.39 bits per heavy atom. The average molecular weight is 411 g/mol. The third kappa shape index (κ3) is 4.36. The van der Waals surface area contributed by atoms with Gasteiger partial charge in [-0.3, -0.25) is 4.79 Å². The molecule has 28 heavy (non-hydrogen) atoms. The number of hydrogen-bond acceptors (Lipinski definition) is 3. The van der Waals surface area contributed by atoms with Crippen molar-refractivity contribution in [3.05, 3.63) is 70.7 Å². The van der Waals surface area contributed by atoms with Gasteiger partial charge in [-0.25, -0.2) is 0 Å². The molecule has 0 aromatic heterocycles. The van der Waals surface area contributed by atoms with Gasteiger partial charge in [0.15, 0.2) is 5.72 Å². The van der Waals surface area contributed by atoms with Crippen LogP contribution in [0.3, 0.4) is 0 Å². The fraction of sp³-hybridized carbons (Fsp3) is 0.300. The minimum Gasteiger partial charge on any atom is -0.365 e. The van der Waals surface area contributed by atoms with Crippen molar-refractivity contribution >= 4 is 23.2 Å². The Hall–Kier alpha value is -2.38. The lowest BCUT2D eigenvalue weighted by atomic mass is 9.96. The Morgan fingerprint density at radius 2 is 1.79 bits per heavy atom. The van der Waals surface area contributed by atoms with E-state index in [1.807, 2.05) is 30.3 Å². The Kier molecular flexibility index (Phi) is 5.76. The van der Waals surface area contributed by atoms with E-state index in [1.165, 1.54) is 24.3 Å². The molecule has 0 unspecified atom stereocenters. The third-order valence-corrected chi connectivity index (χ3v) is 4.81. The molecule has 0 saturated carbocycles. The van der Waals surface area contributed by atoms with Crippen molar-refractivity contribution in [3.63, 3.8) is 0 Å². The maximum atomic E-state index is 13.2. The summed E-state index contributed by atoms with van der Waals surface area (Å²) in [4.78, 5) is 12.6. The molecule has 4 nitrogen and oxygen atoms in total. The molecule has 0 fully saturated rings. The molecule has 1 atom stereocenters. The van der Waals surface area contributed by atoms with E-state index < -0.39 is 29.9 Å². The van der Waals surface area contributed by atoms with Crippen LogP contribution < -0.4 is 0 Å². The summed E-state index contributed by atoms with van der Waals surface area (Å²) in [5, 5.41) is 15.3. The number of halogens is 4. The van der Waals surface area contributed by atoms with E-state index in [-0.39, 0.29) is 12.0 Å². The van der Waals surface area contributed by atoms with Crippen molar-refractivity contribution < 1.29 is 23.1 Å². The van der Waals surface area contributed by atoms with Crippen molar-refractivity contribution in [1.82, 2.24) is 5.01 Å². The van der Waals surface area contributed by atoms with Gasteiger partial charge in [-0.2, -0.15) is 23.3 Å². The van der Waals surface area contributed by atoms with Crippen LogP contribution >= 0.6 is 11.6 Å². The van der Waals surface area contributed by atoms with Gasteiger partial charge in [0, 0.05) is 17.0 Å². The summed E-state index contributed by atoms with van der Waals surface area (Å²) < 4.78 is 39.6. The number of hydrogen-bond donors (Lipinski definition) is 1. The van der Waals surface area contributed by atoms with E-state index in [2.05, 4.69) is 5.10 Å². The number of carbonyl (C=O) groups excluding carboxylic acids is 1. The van der Waals surface area contributed by atoms with Crippen molar-refractivity contribution in [2.75, 3.05) is 0 Å². The fourth-order valence-corrected chi connectivity index (χ4v) is 3.23. The topological polar surface area (TPSA) is 52.9 Å². The molecule has 2 aromatic carbocycles. The molecule has 2 aromatic rings. The summed E-state index contributed by atoms with van der Waals surface area (Å²) in [6, 6.07) is 15.1. The van der Waals surface area contributed by atoms with Crippen molar-refractivity contribution in [3.8, 4) is 0 Å². The van der Waals surface area contributed by atoms with Gasteiger partial charge in [0.25, 0.3) is 0 Å². The molecule has 0 radical (unpaired) electrons. The first-order valence-electron chi connectivity index (χ1n) is 8.70. The first-order valence-corrected chi connectivity index (χ1v) is 9.08. The first-order chi connectivity index (χ1) is 13.2. The summed E-state index contributed by atoms with van der Waals surface area (Å²) in [6.07, 6.45) is -4.59. The fourth-order valence-electron chi connectivity index (χ4n) is 3.10. The van der Waals surface area contributed by atoms with Gasteiger partial charge < -0.3 is 5.11 Å². The van der Waals surface area contributed by atoms with E-state index >= 15 is 0 Å². The number of carbonyl (C=O) groups is 1. The molecule has 3 rings (SSSR count). The molecular weight excluding hydrogens is 393 g/mol. The number of benzene rings is 2. The molecule has 148 valence electrons. The van der Waals surface area contributed by atoms with Crippen LogP contribution in [0, 0.1) is 0 Å². The first kappa shape index (κ1) is 20.4. The zero-order chi connectivity index (χ0) is 20.4. The molecule has 0 saturated heterocycles. The number of aliphatic hydroxyl groups is 1. The third-order valence-electron chi connectivity index (χ3n) is 4.55. The molecule has 1 aliphatic rings. The predicted octanol–water partition coefficient (Wildman–Crippen LogP) is 4.66. The van der Waals surface area contributed by atoms with E-state index in [1.54, 1.807) is 0 Å². The molecule has 1 aliphatic heterocycles. The lowest BCUT2D eigenvalue weighted by Gasteiger charge is -2.31. The van der Waals surface area contributed by atoms with Gasteiger partial charge >= 0.3 is 6.18 Å². The summed E-state index contributed by atoms with van der Waals surface area (Å²) in [5.74, 6) is -0.673. The molecule has 1 heterocycles. The van der Waals surface area contributed by atoms with Crippen LogP contribution in [-0.2, 0) is 16.9 Å². The van der Waals surface area contributed by atoms with E-state index in [0.717, 1.165) is 5.56 Å². The monoisotopic (exact) mass is 410 g/mol. The van der Waals surface area contributed by atoms with Crippen molar-refractivity contribution in [2.24, 2.45) is 5.10 Å². The van der Waals surface area contributed by atoms with Gasteiger partial charge in [0.05, 0.1) is 6.42 Å². The summed E-state index contributed by atoms with van der Waals surface area (Å²) in [5.41, 5.74) is -2.25. The molecule has 1 amide bonds. The number of aryl methyl sites for hydroxylation is 1. The van der Waals surface area contributed by atoms with E-state index in [4.69, 9.17) is 11.6 Å². The smallest absolute Gasteiger partial charge is 0.365 e. The van der Waals surface area contributed by atoms with Crippen LogP contribution in [0.25, 0.3) is 0 Å². The minimum atomic E-state index is -4.74. The van der Waals surface area contributed by atoms with Crippen molar-refractivity contribution in [2.45, 2.75) is 37.6 Å². The standard InChI is InChI=1S/C20H18ClF3N2O2/c21-16-11-9-15(10-12-16)19(28)13-17(20(22,23)24)25-26(19)18(27)8-4-7-14-5-2-1-3-6-14/h1-3,5-6,9-12,28H,4,7-8,13H2/t19-/m1/s1. The highest BCUT2D eigenvalue weighted by Crippen LogP contribution is 2.40. The molecule has 0 bridgehead atoms. The Labute approximate surface area is 165 Å². The van der Waals surface area contributed by atoms with Crippen LogP contribution in [0.1, 0.15) is 30.4 Å². The van der Waals surface area contributed by atoms with Crippen LogP contribution in [0.15, 0.2) is 59.7 Å². The SMILES string of the molecule is O=C(CCCc1ccccc1)N1N=C(C(F)(F)F)C[C@@]1(O)c1ccc(Cl)cc1. The number of alkyl halides is 3. The van der Waals surface area contributed by atoms with Gasteiger partial charge in [0.2, 0.25) is 5.91 Å². The van der Waals surface area contributed by atoms with Gasteiger partial charge in [0.1, 0.15) is 5.71 Å². The number of amides is 1. The highest BCUT2D eigenvalue weighted by atomic mass is 35.5. The Bertz CT molecular complexity index is 869. The maximum absolute atomic E-state index is 13.2.